The second-order valence-electron chi connectivity index (χ2n) is 6.47. The van der Waals surface area contributed by atoms with Crippen LogP contribution in [-0.4, -0.2) is 27.1 Å². The SMILES string of the molecule is Cc1[nH]nc2c1c(=O)n(CCCN)c1cc3c(cc21)C(=O)CCC3. The Bertz CT molecular complexity index is 1030. The molecule has 1 aromatic carbocycles. The number of Topliss-reactive ketones (excluding diaryl/α,β-unsaturated/α-hetero) is 1. The van der Waals surface area contributed by atoms with E-state index < -0.39 is 0 Å². The summed E-state index contributed by atoms with van der Waals surface area (Å²) in [6.45, 7) is 2.94. The molecule has 0 radical (unpaired) electrons. The van der Waals surface area contributed by atoms with Crippen molar-refractivity contribution >= 4 is 27.6 Å². The second-order valence-corrected chi connectivity index (χ2v) is 6.47. The van der Waals surface area contributed by atoms with Crippen molar-refractivity contribution in [2.75, 3.05) is 6.54 Å². The van der Waals surface area contributed by atoms with Crippen LogP contribution in [0.15, 0.2) is 16.9 Å². The molecule has 0 bridgehead atoms. The van der Waals surface area contributed by atoms with E-state index in [-0.39, 0.29) is 11.3 Å². The zero-order valence-electron chi connectivity index (χ0n) is 13.7. The molecule has 2 heterocycles. The number of hydrogen-bond acceptors (Lipinski definition) is 4. The van der Waals surface area contributed by atoms with Crippen molar-refractivity contribution in [2.24, 2.45) is 5.73 Å². The van der Waals surface area contributed by atoms with Crippen LogP contribution >= 0.6 is 0 Å². The van der Waals surface area contributed by atoms with Gasteiger partial charge in [-0.1, -0.05) is 0 Å². The van der Waals surface area contributed by atoms with Crippen LogP contribution in [0, 0.1) is 6.92 Å². The molecule has 0 atom stereocenters. The van der Waals surface area contributed by atoms with Gasteiger partial charge in [-0.15, -0.1) is 0 Å². The molecular formula is C18H20N4O2. The molecule has 0 fully saturated rings. The van der Waals surface area contributed by atoms with Crippen LogP contribution in [0.3, 0.4) is 0 Å². The summed E-state index contributed by atoms with van der Waals surface area (Å²) in [5.74, 6) is 0.179. The number of carbonyl (C=O) groups is 1. The lowest BCUT2D eigenvalue weighted by Crippen LogP contribution is -2.23. The van der Waals surface area contributed by atoms with Crippen LogP contribution in [0.4, 0.5) is 0 Å². The summed E-state index contributed by atoms with van der Waals surface area (Å²) in [7, 11) is 0. The number of benzene rings is 1. The normalized spacial score (nSPS) is 14.5. The number of ketones is 1. The number of rotatable bonds is 3. The number of pyridine rings is 1. The van der Waals surface area contributed by atoms with Crippen molar-refractivity contribution in [3.63, 3.8) is 0 Å². The monoisotopic (exact) mass is 324 g/mol. The van der Waals surface area contributed by atoms with E-state index in [0.717, 1.165) is 47.0 Å². The van der Waals surface area contributed by atoms with Crippen molar-refractivity contribution in [3.8, 4) is 0 Å². The maximum atomic E-state index is 13.0. The maximum Gasteiger partial charge on any atom is 0.262 e. The van der Waals surface area contributed by atoms with Crippen molar-refractivity contribution in [2.45, 2.75) is 39.2 Å². The Hall–Kier alpha value is -2.47. The number of carbonyl (C=O) groups excluding carboxylic acids is 1. The van der Waals surface area contributed by atoms with Crippen LogP contribution in [0.1, 0.15) is 40.9 Å². The predicted octanol–water partition coefficient (Wildman–Crippen LogP) is 2.05. The molecule has 1 aliphatic carbocycles. The van der Waals surface area contributed by atoms with E-state index >= 15 is 0 Å². The van der Waals surface area contributed by atoms with Crippen molar-refractivity contribution in [1.82, 2.24) is 14.8 Å². The van der Waals surface area contributed by atoms with Gasteiger partial charge >= 0.3 is 0 Å². The standard InChI is InChI=1S/C18H20N4O2/c1-10-16-17(21-20-10)13-9-12-11(4-2-5-15(12)23)8-14(13)22(18(16)24)7-3-6-19/h8-9H,2-7,19H2,1H3,(H,20,21). The lowest BCUT2D eigenvalue weighted by atomic mass is 9.89. The number of nitrogens with two attached hydrogens (primary N) is 1. The molecule has 0 unspecified atom stereocenters. The maximum absolute atomic E-state index is 13.0. The third kappa shape index (κ3) is 2.10. The van der Waals surface area contributed by atoms with E-state index in [0.29, 0.717) is 30.4 Å². The molecule has 0 saturated heterocycles. The van der Waals surface area contributed by atoms with Crippen molar-refractivity contribution in [1.29, 1.82) is 0 Å². The van der Waals surface area contributed by atoms with Gasteiger partial charge in [-0.05, 0) is 50.4 Å². The number of aromatic nitrogens is 3. The average Bonchev–Trinajstić information content (AvgIpc) is 2.96. The highest BCUT2D eigenvalue weighted by molar-refractivity contribution is 6.09. The van der Waals surface area contributed by atoms with Crippen LogP contribution in [-0.2, 0) is 13.0 Å². The molecule has 124 valence electrons. The second kappa shape index (κ2) is 5.56. The van der Waals surface area contributed by atoms with Gasteiger partial charge in [-0.3, -0.25) is 14.7 Å². The third-order valence-electron chi connectivity index (χ3n) is 4.91. The summed E-state index contributed by atoms with van der Waals surface area (Å²) in [6, 6.07) is 3.93. The Balaban J connectivity index is 2.13. The Morgan fingerprint density at radius 1 is 1.29 bits per heavy atom. The van der Waals surface area contributed by atoms with E-state index in [1.807, 2.05) is 19.1 Å². The number of fused-ring (bicyclic) bond motifs is 4. The first-order valence-corrected chi connectivity index (χ1v) is 8.39. The first kappa shape index (κ1) is 15.1. The van der Waals surface area contributed by atoms with Gasteiger partial charge in [-0.2, -0.15) is 5.10 Å². The van der Waals surface area contributed by atoms with Crippen LogP contribution in [0.25, 0.3) is 21.8 Å². The summed E-state index contributed by atoms with van der Waals surface area (Å²) < 4.78 is 1.78. The summed E-state index contributed by atoms with van der Waals surface area (Å²) in [5.41, 5.74) is 9.66. The molecule has 3 aromatic rings. The van der Waals surface area contributed by atoms with Gasteiger partial charge in [0.1, 0.15) is 5.52 Å². The van der Waals surface area contributed by atoms with Crippen molar-refractivity contribution in [3.05, 3.63) is 39.3 Å². The van der Waals surface area contributed by atoms with E-state index in [1.54, 1.807) is 4.57 Å². The Kier molecular flexibility index (Phi) is 3.49. The zero-order valence-corrected chi connectivity index (χ0v) is 13.7. The number of aromatic amines is 1. The number of aryl methyl sites for hydroxylation is 3. The number of H-pyrrole nitrogens is 1. The third-order valence-corrected chi connectivity index (χ3v) is 4.91. The first-order chi connectivity index (χ1) is 11.6. The molecule has 2 aromatic heterocycles. The average molecular weight is 324 g/mol. The molecule has 24 heavy (non-hydrogen) atoms. The number of nitrogens with zero attached hydrogens (tertiary/aromatic N) is 2. The zero-order chi connectivity index (χ0) is 16.8. The lowest BCUT2D eigenvalue weighted by Gasteiger charge is -2.18. The van der Waals surface area contributed by atoms with E-state index in [4.69, 9.17) is 5.73 Å². The van der Waals surface area contributed by atoms with Gasteiger partial charge in [0, 0.05) is 29.6 Å². The van der Waals surface area contributed by atoms with Gasteiger partial charge in [0.25, 0.3) is 5.56 Å². The quantitative estimate of drug-likeness (QED) is 0.771. The molecule has 0 amide bonds. The minimum Gasteiger partial charge on any atom is -0.330 e. The highest BCUT2D eigenvalue weighted by Crippen LogP contribution is 2.30. The lowest BCUT2D eigenvalue weighted by molar-refractivity contribution is 0.0972. The topological polar surface area (TPSA) is 93.8 Å². The highest BCUT2D eigenvalue weighted by atomic mass is 16.1. The van der Waals surface area contributed by atoms with Gasteiger partial charge in [-0.25, -0.2) is 0 Å². The molecular weight excluding hydrogens is 304 g/mol. The highest BCUT2D eigenvalue weighted by Gasteiger charge is 2.22. The summed E-state index contributed by atoms with van der Waals surface area (Å²) in [4.78, 5) is 25.2. The summed E-state index contributed by atoms with van der Waals surface area (Å²) in [6.07, 6.45) is 3.06. The fraction of sp³-hybridized carbons (Fsp3) is 0.389. The van der Waals surface area contributed by atoms with Crippen LogP contribution in [0.2, 0.25) is 0 Å². The minimum atomic E-state index is -0.0423. The predicted molar refractivity (Wildman–Crippen MR) is 93.5 cm³/mol. The van der Waals surface area contributed by atoms with Crippen LogP contribution < -0.4 is 11.3 Å². The molecule has 1 aliphatic rings. The first-order valence-electron chi connectivity index (χ1n) is 8.39. The summed E-state index contributed by atoms with van der Waals surface area (Å²) in [5, 5.41) is 8.70. The van der Waals surface area contributed by atoms with E-state index in [2.05, 4.69) is 10.2 Å². The van der Waals surface area contributed by atoms with E-state index in [1.165, 1.54) is 0 Å². The minimum absolute atomic E-state index is 0.0423. The molecule has 6 heteroatoms. The Morgan fingerprint density at radius 3 is 2.92 bits per heavy atom. The molecule has 0 spiro atoms. The molecule has 0 aliphatic heterocycles. The fourth-order valence-electron chi connectivity index (χ4n) is 3.69. The van der Waals surface area contributed by atoms with Gasteiger partial charge in [0.15, 0.2) is 5.78 Å². The Labute approximate surface area is 138 Å². The molecule has 6 nitrogen and oxygen atoms in total. The molecule has 0 saturated carbocycles. The van der Waals surface area contributed by atoms with Crippen molar-refractivity contribution < 1.29 is 4.79 Å². The van der Waals surface area contributed by atoms with Crippen LogP contribution in [0.5, 0.6) is 0 Å². The number of nitrogens with one attached hydrogen (secondary N) is 1. The molecule has 4 rings (SSSR count). The van der Waals surface area contributed by atoms with E-state index in [9.17, 15) is 9.59 Å². The largest absolute Gasteiger partial charge is 0.330 e. The van der Waals surface area contributed by atoms with Gasteiger partial charge in [0.2, 0.25) is 0 Å². The smallest absolute Gasteiger partial charge is 0.262 e. The number of hydrogen-bond donors (Lipinski definition) is 2. The fourth-order valence-corrected chi connectivity index (χ4v) is 3.69. The Morgan fingerprint density at radius 2 is 2.12 bits per heavy atom. The van der Waals surface area contributed by atoms with Gasteiger partial charge in [0.05, 0.1) is 10.9 Å². The molecule has 3 N–H and O–H groups in total. The van der Waals surface area contributed by atoms with Gasteiger partial charge < -0.3 is 10.3 Å². The summed E-state index contributed by atoms with van der Waals surface area (Å²) >= 11 is 0.